The minimum atomic E-state index is -1.27. The second kappa shape index (κ2) is 13.5. The number of imidazole rings is 1. The molecule has 0 radical (unpaired) electrons. The molecule has 3 atom stereocenters. The van der Waals surface area contributed by atoms with Gasteiger partial charge in [0.1, 0.15) is 25.0 Å². The van der Waals surface area contributed by atoms with Gasteiger partial charge >= 0.3 is 12.1 Å². The molecule has 12 heteroatoms. The first kappa shape index (κ1) is 27.0. The molecule has 0 saturated heterocycles. The third-order valence-corrected chi connectivity index (χ3v) is 4.93. The highest BCUT2D eigenvalue weighted by Gasteiger charge is 2.30. The maximum atomic E-state index is 13.0. The molecule has 0 aliphatic heterocycles. The number of amides is 3. The van der Waals surface area contributed by atoms with E-state index in [4.69, 9.17) is 9.84 Å². The maximum absolute atomic E-state index is 13.0. The summed E-state index contributed by atoms with van der Waals surface area (Å²) in [5.74, 6) is -3.04. The lowest BCUT2D eigenvalue weighted by atomic mass is 10.0. The third kappa shape index (κ3) is 9.27. The van der Waals surface area contributed by atoms with Gasteiger partial charge in [-0.3, -0.25) is 14.4 Å². The predicted octanol–water partition coefficient (Wildman–Crippen LogP) is 0.546. The molecule has 0 unspecified atom stereocenters. The van der Waals surface area contributed by atoms with E-state index >= 15 is 0 Å². The van der Waals surface area contributed by atoms with Crippen molar-refractivity contribution < 1.29 is 33.8 Å². The van der Waals surface area contributed by atoms with Crippen molar-refractivity contribution in [3.63, 3.8) is 0 Å². The zero-order valence-electron chi connectivity index (χ0n) is 19.4. The summed E-state index contributed by atoms with van der Waals surface area (Å²) >= 11 is 0. The molecule has 0 aliphatic rings. The highest BCUT2D eigenvalue weighted by Crippen LogP contribution is 2.07. The number of aliphatic carboxylic acids is 1. The van der Waals surface area contributed by atoms with Crippen LogP contribution in [0.15, 0.2) is 42.9 Å². The molecule has 188 valence electrons. The van der Waals surface area contributed by atoms with Gasteiger partial charge in [-0.05, 0) is 11.5 Å². The van der Waals surface area contributed by atoms with Crippen molar-refractivity contribution in [2.45, 2.75) is 51.4 Å². The molecule has 1 aromatic carbocycles. The van der Waals surface area contributed by atoms with Crippen molar-refractivity contribution in [3.8, 4) is 0 Å². The van der Waals surface area contributed by atoms with E-state index < -0.39 is 48.4 Å². The highest BCUT2D eigenvalue weighted by atomic mass is 16.5. The number of hydrogen-bond acceptors (Lipinski definition) is 7. The fraction of sp³-hybridized carbons (Fsp3) is 0.391. The lowest BCUT2D eigenvalue weighted by Crippen LogP contribution is -2.57. The number of nitrogens with one attached hydrogen (secondary N) is 4. The number of carboxylic acids is 1. The number of H-pyrrole nitrogens is 1. The normalized spacial score (nSPS) is 13.2. The zero-order valence-corrected chi connectivity index (χ0v) is 19.4. The standard InChI is InChI=1S/C23H29N5O7/c1-14(2)20(28-23(34)35-12-15-6-4-3-5-7-15)22(33)27-18(8-16-10-24-13-25-16)21(32)26-17(11-29)9-19(30)31/h3-7,10-11,13-14,17-18,20H,8-9,12H2,1-2H3,(H,24,25)(H,26,32)(H,27,33)(H,28,34)(H,30,31)/t17-,18-,20-/m0/s1. The van der Waals surface area contributed by atoms with Crippen LogP contribution in [-0.2, 0) is 36.9 Å². The van der Waals surface area contributed by atoms with Gasteiger partial charge in [0.15, 0.2) is 0 Å². The van der Waals surface area contributed by atoms with Crippen molar-refractivity contribution in [2.75, 3.05) is 0 Å². The van der Waals surface area contributed by atoms with Crippen molar-refractivity contribution in [2.24, 2.45) is 5.92 Å². The summed E-state index contributed by atoms with van der Waals surface area (Å²) in [6, 6.07) is 5.53. The van der Waals surface area contributed by atoms with E-state index in [9.17, 15) is 24.0 Å². The first-order valence-electron chi connectivity index (χ1n) is 10.9. The van der Waals surface area contributed by atoms with Crippen LogP contribution in [0.25, 0.3) is 0 Å². The van der Waals surface area contributed by atoms with E-state index in [0.29, 0.717) is 12.0 Å². The summed E-state index contributed by atoms with van der Waals surface area (Å²) in [5, 5.41) is 16.3. The Bertz CT molecular complexity index is 995. The lowest BCUT2D eigenvalue weighted by Gasteiger charge is -2.25. The van der Waals surface area contributed by atoms with Crippen LogP contribution < -0.4 is 16.0 Å². The van der Waals surface area contributed by atoms with Crippen molar-refractivity contribution >= 4 is 30.2 Å². The number of alkyl carbamates (subject to hydrolysis) is 1. The monoisotopic (exact) mass is 487 g/mol. The van der Waals surface area contributed by atoms with Gasteiger partial charge in [-0.2, -0.15) is 0 Å². The number of carboxylic acid groups (broad SMARTS) is 1. The van der Waals surface area contributed by atoms with Gasteiger partial charge in [0.2, 0.25) is 11.8 Å². The van der Waals surface area contributed by atoms with Gasteiger partial charge in [0, 0.05) is 18.3 Å². The molecule has 1 heterocycles. The SMILES string of the molecule is CC(C)[C@H](NC(=O)OCc1ccccc1)C(=O)N[C@@H](Cc1cnc[nH]1)C(=O)N[C@H](C=O)CC(=O)O. The van der Waals surface area contributed by atoms with Crippen LogP contribution in [0.3, 0.4) is 0 Å². The Morgan fingerprint density at radius 3 is 2.37 bits per heavy atom. The number of rotatable bonds is 13. The van der Waals surface area contributed by atoms with Crippen molar-refractivity contribution in [1.82, 2.24) is 25.9 Å². The second-order valence-electron chi connectivity index (χ2n) is 8.12. The summed E-state index contributed by atoms with van der Waals surface area (Å²) < 4.78 is 5.18. The number of benzene rings is 1. The average molecular weight is 488 g/mol. The van der Waals surface area contributed by atoms with E-state index in [0.717, 1.165) is 5.56 Å². The first-order valence-corrected chi connectivity index (χ1v) is 10.9. The minimum Gasteiger partial charge on any atom is -0.481 e. The molecule has 1 aromatic heterocycles. The van der Waals surface area contributed by atoms with Crippen LogP contribution in [-0.4, -0.2) is 63.4 Å². The molecule has 0 aliphatic carbocycles. The number of aromatic amines is 1. The van der Waals surface area contributed by atoms with Crippen LogP contribution >= 0.6 is 0 Å². The maximum Gasteiger partial charge on any atom is 0.408 e. The minimum absolute atomic E-state index is 0.0144. The molecule has 2 aromatic rings. The average Bonchev–Trinajstić information content (AvgIpc) is 3.33. The van der Waals surface area contributed by atoms with E-state index in [1.54, 1.807) is 38.1 Å². The predicted molar refractivity (Wildman–Crippen MR) is 123 cm³/mol. The molecule has 3 amide bonds. The molecule has 0 bridgehead atoms. The van der Waals surface area contributed by atoms with Crippen LogP contribution in [0.4, 0.5) is 4.79 Å². The number of nitrogens with zero attached hydrogens (tertiary/aromatic N) is 1. The largest absolute Gasteiger partial charge is 0.481 e. The summed E-state index contributed by atoms with van der Waals surface area (Å²) in [6.45, 7) is 3.43. The smallest absolute Gasteiger partial charge is 0.408 e. The van der Waals surface area contributed by atoms with Gasteiger partial charge in [-0.15, -0.1) is 0 Å². The lowest BCUT2D eigenvalue weighted by molar-refractivity contribution is -0.139. The number of aromatic nitrogens is 2. The number of carbonyl (C=O) groups is 5. The summed E-state index contributed by atoms with van der Waals surface area (Å²) in [6.07, 6.45) is 1.73. The topological polar surface area (TPSA) is 180 Å². The van der Waals surface area contributed by atoms with Gasteiger partial charge < -0.3 is 35.6 Å². The molecular weight excluding hydrogens is 458 g/mol. The molecule has 2 rings (SSSR count). The molecule has 12 nitrogen and oxygen atoms in total. The van der Waals surface area contributed by atoms with Crippen LogP contribution in [0.5, 0.6) is 0 Å². The van der Waals surface area contributed by atoms with Crippen molar-refractivity contribution in [3.05, 3.63) is 54.1 Å². The molecule has 5 N–H and O–H groups in total. The van der Waals surface area contributed by atoms with Crippen LogP contribution in [0.2, 0.25) is 0 Å². The number of ether oxygens (including phenoxy) is 1. The Kier molecular flexibility index (Phi) is 10.4. The summed E-state index contributed by atoms with van der Waals surface area (Å²) in [7, 11) is 0. The van der Waals surface area contributed by atoms with Crippen molar-refractivity contribution in [1.29, 1.82) is 0 Å². The Morgan fingerprint density at radius 1 is 1.09 bits per heavy atom. The molecular formula is C23H29N5O7. The number of aldehydes is 1. The van der Waals surface area contributed by atoms with Crippen LogP contribution in [0.1, 0.15) is 31.5 Å². The van der Waals surface area contributed by atoms with Gasteiger partial charge in [-0.1, -0.05) is 44.2 Å². The highest BCUT2D eigenvalue weighted by molar-refractivity contribution is 5.92. The molecule has 35 heavy (non-hydrogen) atoms. The molecule has 0 spiro atoms. The van der Waals surface area contributed by atoms with E-state index in [1.165, 1.54) is 12.5 Å². The molecule has 0 saturated carbocycles. The Hall–Kier alpha value is -4.22. The van der Waals surface area contributed by atoms with Gasteiger partial charge in [0.05, 0.1) is 18.8 Å². The Balaban J connectivity index is 2.07. The Morgan fingerprint density at radius 2 is 1.80 bits per heavy atom. The zero-order chi connectivity index (χ0) is 25.8. The summed E-state index contributed by atoms with van der Waals surface area (Å²) in [5.41, 5.74) is 1.29. The van der Waals surface area contributed by atoms with Gasteiger partial charge in [0.25, 0.3) is 0 Å². The number of hydrogen-bond donors (Lipinski definition) is 5. The fourth-order valence-electron chi connectivity index (χ4n) is 3.12. The number of carbonyl (C=O) groups excluding carboxylic acids is 4. The summed E-state index contributed by atoms with van der Waals surface area (Å²) in [4.78, 5) is 66.9. The van der Waals surface area contributed by atoms with Gasteiger partial charge in [-0.25, -0.2) is 9.78 Å². The third-order valence-electron chi connectivity index (χ3n) is 4.93. The van der Waals surface area contributed by atoms with E-state index in [-0.39, 0.29) is 18.9 Å². The quantitative estimate of drug-likeness (QED) is 0.254. The fourth-order valence-corrected chi connectivity index (χ4v) is 3.12. The van der Waals surface area contributed by atoms with E-state index in [1.807, 2.05) is 6.07 Å². The Labute approximate surface area is 201 Å². The first-order chi connectivity index (χ1) is 16.7. The second-order valence-corrected chi connectivity index (χ2v) is 8.12. The van der Waals surface area contributed by atoms with E-state index in [2.05, 4.69) is 25.9 Å². The van der Waals surface area contributed by atoms with Crippen LogP contribution in [0, 0.1) is 5.92 Å². The molecule has 0 fully saturated rings.